The molecule has 7 nitrogen and oxygen atoms in total. The average Bonchev–Trinajstić information content (AvgIpc) is 1.79. The summed E-state index contributed by atoms with van der Waals surface area (Å²) in [6.07, 6.45) is 0. The summed E-state index contributed by atoms with van der Waals surface area (Å²) in [7, 11) is 0. The van der Waals surface area contributed by atoms with Crippen LogP contribution >= 0.6 is 0 Å². The summed E-state index contributed by atoms with van der Waals surface area (Å²) in [6.45, 7) is 0.546. The molecule has 0 heterocycles. The molecular weight excluding hydrogens is 138 g/mol. The molecule has 0 bridgehead atoms. The normalized spacial score (nSPS) is 9.90. The smallest absolute Gasteiger partial charge is 0.185 e. The van der Waals surface area contributed by atoms with Crippen LogP contribution in [0.3, 0.4) is 0 Å². The first-order valence-corrected chi connectivity index (χ1v) is 2.59. The highest BCUT2D eigenvalue weighted by atomic mass is 16.8. The third-order valence-corrected chi connectivity index (χ3v) is 0.659. The van der Waals surface area contributed by atoms with Gasteiger partial charge >= 0.3 is 0 Å². The minimum atomic E-state index is -0.151. The van der Waals surface area contributed by atoms with Crippen molar-refractivity contribution in [1.29, 1.82) is 0 Å². The zero-order chi connectivity index (χ0) is 7.98. The van der Waals surface area contributed by atoms with E-state index in [4.69, 9.17) is 21.9 Å². The molecule has 0 aliphatic carbocycles. The van der Waals surface area contributed by atoms with Gasteiger partial charge in [0.25, 0.3) is 0 Å². The number of hydrogen-bond donors (Lipinski definition) is 5. The quantitative estimate of drug-likeness (QED) is 0.134. The molecule has 0 amide bonds. The lowest BCUT2D eigenvalue weighted by atomic mass is 10.7. The molecule has 7 heteroatoms. The fraction of sp³-hybridized carbons (Fsp3) is 0.667. The summed E-state index contributed by atoms with van der Waals surface area (Å²) in [5.41, 5.74) is 12.1. The highest BCUT2D eigenvalue weighted by Crippen LogP contribution is 1.66. The molecular formula is C3H11N5O2. The molecule has 0 rings (SSSR count). The summed E-state index contributed by atoms with van der Waals surface area (Å²) < 4.78 is 0. The Balaban J connectivity index is 3.13. The van der Waals surface area contributed by atoms with Gasteiger partial charge in [-0.1, -0.05) is 0 Å². The molecule has 0 radical (unpaired) electrons. The molecule has 60 valence electrons. The zero-order valence-corrected chi connectivity index (χ0v) is 5.36. The lowest BCUT2D eigenvalue weighted by Gasteiger charge is -2.04. The van der Waals surface area contributed by atoms with E-state index in [0.29, 0.717) is 6.54 Å². The Morgan fingerprint density at radius 1 is 1.50 bits per heavy atom. The van der Waals surface area contributed by atoms with E-state index in [2.05, 4.69) is 10.4 Å². The van der Waals surface area contributed by atoms with E-state index in [1.807, 2.05) is 0 Å². The molecule has 0 fully saturated rings. The predicted octanol–water partition coefficient (Wildman–Crippen LogP) is -2.16. The summed E-state index contributed by atoms with van der Waals surface area (Å²) in [6, 6.07) is 0. The summed E-state index contributed by atoms with van der Waals surface area (Å²) >= 11 is 0. The Morgan fingerprint density at radius 3 is 2.50 bits per heavy atom. The standard InChI is InChI=1S/C3H11N5O2/c4-3(5)6-1-2-7-8(9)10/h7,9-10H,1-2H2,(H4,4,5,6). The minimum Gasteiger partial charge on any atom is -0.370 e. The maximum atomic E-state index is 8.08. The van der Waals surface area contributed by atoms with E-state index in [0.717, 1.165) is 0 Å². The van der Waals surface area contributed by atoms with Gasteiger partial charge < -0.3 is 11.5 Å². The largest absolute Gasteiger partial charge is 0.370 e. The number of nitrogens with one attached hydrogen (secondary N) is 1. The molecule has 0 aromatic heterocycles. The van der Waals surface area contributed by atoms with Gasteiger partial charge in [0.1, 0.15) is 0 Å². The number of nitrogens with zero attached hydrogens (tertiary/aromatic N) is 2. The van der Waals surface area contributed by atoms with Gasteiger partial charge in [-0.05, 0) is 0 Å². The van der Waals surface area contributed by atoms with Crippen molar-refractivity contribution in [2.45, 2.75) is 0 Å². The van der Waals surface area contributed by atoms with Crippen LogP contribution in [0.1, 0.15) is 0 Å². The first-order chi connectivity index (χ1) is 4.63. The van der Waals surface area contributed by atoms with Crippen molar-refractivity contribution in [2.75, 3.05) is 13.1 Å². The molecule has 0 aliphatic heterocycles. The van der Waals surface area contributed by atoms with Crippen LogP contribution in [0.25, 0.3) is 0 Å². The lowest BCUT2D eigenvalue weighted by Crippen LogP contribution is -2.34. The highest BCUT2D eigenvalue weighted by molar-refractivity contribution is 5.75. The van der Waals surface area contributed by atoms with Crippen molar-refractivity contribution in [2.24, 2.45) is 16.5 Å². The molecule has 0 aliphatic rings. The van der Waals surface area contributed by atoms with Crippen molar-refractivity contribution in [3.63, 3.8) is 0 Å². The van der Waals surface area contributed by atoms with Crippen molar-refractivity contribution in [3.05, 3.63) is 0 Å². The third-order valence-electron chi connectivity index (χ3n) is 0.659. The number of hydrogen-bond acceptors (Lipinski definition) is 5. The van der Waals surface area contributed by atoms with Crippen LogP contribution in [0, 0.1) is 0 Å². The van der Waals surface area contributed by atoms with Crippen molar-refractivity contribution < 1.29 is 10.4 Å². The van der Waals surface area contributed by atoms with Crippen LogP contribution in [0.4, 0.5) is 0 Å². The average molecular weight is 149 g/mol. The predicted molar refractivity (Wildman–Crippen MR) is 34.1 cm³/mol. The van der Waals surface area contributed by atoms with Crippen LogP contribution in [0.5, 0.6) is 0 Å². The Kier molecular flexibility index (Phi) is 4.50. The summed E-state index contributed by atoms with van der Waals surface area (Å²) in [5, 5.41) is 16.0. The molecule has 0 saturated carbocycles. The van der Waals surface area contributed by atoms with Gasteiger partial charge in [0.15, 0.2) is 5.96 Å². The first-order valence-electron chi connectivity index (χ1n) is 2.59. The Labute approximate surface area is 57.8 Å². The maximum Gasteiger partial charge on any atom is 0.185 e. The van der Waals surface area contributed by atoms with Gasteiger partial charge in [0.05, 0.1) is 6.54 Å². The van der Waals surface area contributed by atoms with E-state index in [1.54, 1.807) is 0 Å². The lowest BCUT2D eigenvalue weighted by molar-refractivity contribution is -0.341. The topological polar surface area (TPSA) is 120 Å². The van der Waals surface area contributed by atoms with Crippen LogP contribution < -0.4 is 16.9 Å². The zero-order valence-electron chi connectivity index (χ0n) is 5.36. The van der Waals surface area contributed by atoms with Gasteiger partial charge in [-0.25, -0.2) is 5.43 Å². The molecule has 0 unspecified atom stereocenters. The van der Waals surface area contributed by atoms with E-state index in [-0.39, 0.29) is 17.8 Å². The Hall–Kier alpha value is -0.890. The van der Waals surface area contributed by atoms with Crippen molar-refractivity contribution in [1.82, 2.24) is 10.8 Å². The van der Waals surface area contributed by atoms with Gasteiger partial charge in [-0.2, -0.15) is 0 Å². The van der Waals surface area contributed by atoms with Gasteiger partial charge in [-0.3, -0.25) is 15.4 Å². The second-order valence-electron chi connectivity index (χ2n) is 1.50. The van der Waals surface area contributed by atoms with Gasteiger partial charge in [-0.15, -0.1) is 0 Å². The van der Waals surface area contributed by atoms with Gasteiger partial charge in [0, 0.05) is 11.9 Å². The van der Waals surface area contributed by atoms with Crippen LogP contribution in [0.2, 0.25) is 0 Å². The van der Waals surface area contributed by atoms with Crippen molar-refractivity contribution >= 4 is 5.96 Å². The van der Waals surface area contributed by atoms with E-state index in [1.165, 1.54) is 0 Å². The van der Waals surface area contributed by atoms with Crippen LogP contribution in [-0.2, 0) is 0 Å². The molecule has 0 aromatic rings. The third kappa shape index (κ3) is 7.11. The second kappa shape index (κ2) is 4.94. The van der Waals surface area contributed by atoms with Crippen molar-refractivity contribution in [3.8, 4) is 0 Å². The van der Waals surface area contributed by atoms with Crippen LogP contribution in [-0.4, -0.2) is 34.8 Å². The van der Waals surface area contributed by atoms with Gasteiger partial charge in [0.2, 0.25) is 0 Å². The fourth-order valence-electron chi connectivity index (χ4n) is 0.335. The Bertz CT molecular complexity index is 109. The number of hydrazine groups is 1. The van der Waals surface area contributed by atoms with E-state index < -0.39 is 0 Å². The molecule has 0 atom stereocenters. The second-order valence-corrected chi connectivity index (χ2v) is 1.50. The van der Waals surface area contributed by atoms with Crippen LogP contribution in [0.15, 0.2) is 4.99 Å². The summed E-state index contributed by atoms with van der Waals surface area (Å²) in [4.78, 5) is 3.56. The SMILES string of the molecule is NC(N)=NCCNN(O)O. The Morgan fingerprint density at radius 2 is 2.10 bits per heavy atom. The highest BCUT2D eigenvalue weighted by Gasteiger charge is 1.88. The maximum absolute atomic E-state index is 8.08. The van der Waals surface area contributed by atoms with E-state index in [9.17, 15) is 0 Å². The minimum absolute atomic E-state index is 0.0239. The number of rotatable bonds is 4. The molecule has 0 saturated heterocycles. The molecule has 10 heavy (non-hydrogen) atoms. The number of guanidine groups is 1. The molecule has 0 aromatic carbocycles. The molecule has 0 spiro atoms. The summed E-state index contributed by atoms with van der Waals surface area (Å²) in [5.74, 6) is -0.0239. The first kappa shape index (κ1) is 9.11. The monoisotopic (exact) mass is 149 g/mol. The number of nitrogens with two attached hydrogens (primary N) is 2. The fourth-order valence-corrected chi connectivity index (χ4v) is 0.335. The number of aliphatic imine (C=N–C) groups is 1. The van der Waals surface area contributed by atoms with E-state index >= 15 is 0 Å². The molecule has 7 N–H and O–H groups in total.